The molecule has 0 bridgehead atoms. The predicted molar refractivity (Wildman–Crippen MR) is 87.0 cm³/mol. The fourth-order valence-corrected chi connectivity index (χ4v) is 1.92. The zero-order valence-electron chi connectivity index (χ0n) is 11.9. The summed E-state index contributed by atoms with van der Waals surface area (Å²) < 4.78 is 5.69. The largest absolute Gasteiger partial charge is 0.508 e. The lowest BCUT2D eigenvalue weighted by atomic mass is 10.2. The van der Waals surface area contributed by atoms with Gasteiger partial charge in [-0.2, -0.15) is 0 Å². The van der Waals surface area contributed by atoms with E-state index in [2.05, 4.69) is 11.8 Å². The van der Waals surface area contributed by atoms with Crippen LogP contribution in [0.4, 0.5) is 0 Å². The molecule has 0 aromatic heterocycles. The molecule has 106 valence electrons. The van der Waals surface area contributed by atoms with E-state index in [0.717, 1.165) is 16.9 Å². The van der Waals surface area contributed by atoms with Crippen molar-refractivity contribution in [1.29, 1.82) is 0 Å². The fourth-order valence-electron chi connectivity index (χ4n) is 1.92. The number of benzene rings is 3. The first-order valence-corrected chi connectivity index (χ1v) is 6.94. The molecule has 0 fully saturated rings. The third-order valence-corrected chi connectivity index (χ3v) is 3.05. The van der Waals surface area contributed by atoms with Crippen LogP contribution in [0.3, 0.4) is 0 Å². The smallest absolute Gasteiger partial charge is 0.127 e. The molecule has 22 heavy (non-hydrogen) atoms. The van der Waals surface area contributed by atoms with E-state index >= 15 is 0 Å². The van der Waals surface area contributed by atoms with Crippen LogP contribution in [0.25, 0.3) is 0 Å². The van der Waals surface area contributed by atoms with Gasteiger partial charge in [0.25, 0.3) is 0 Å². The third kappa shape index (κ3) is 3.68. The SMILES string of the molecule is Oc1ccc(Oc2ccc(C#Cc3ccccc3)cc2)cc1. The first kappa shape index (κ1) is 13.8. The van der Waals surface area contributed by atoms with Crippen LogP contribution in [0.15, 0.2) is 78.9 Å². The molecule has 0 heterocycles. The van der Waals surface area contributed by atoms with Crippen LogP contribution in [-0.4, -0.2) is 5.11 Å². The molecule has 3 rings (SSSR count). The minimum Gasteiger partial charge on any atom is -0.508 e. The maximum Gasteiger partial charge on any atom is 0.127 e. The average Bonchev–Trinajstić information content (AvgIpc) is 2.57. The number of hydrogen-bond donors (Lipinski definition) is 1. The Kier molecular flexibility index (Phi) is 4.08. The maximum atomic E-state index is 9.24. The van der Waals surface area contributed by atoms with E-state index < -0.39 is 0 Å². The van der Waals surface area contributed by atoms with E-state index in [0.29, 0.717) is 5.75 Å². The van der Waals surface area contributed by atoms with Crippen molar-refractivity contribution in [3.63, 3.8) is 0 Å². The van der Waals surface area contributed by atoms with Gasteiger partial charge in [-0.1, -0.05) is 30.0 Å². The Balaban J connectivity index is 1.70. The number of aromatic hydroxyl groups is 1. The van der Waals surface area contributed by atoms with Gasteiger partial charge in [0, 0.05) is 11.1 Å². The number of hydrogen-bond acceptors (Lipinski definition) is 2. The molecule has 2 nitrogen and oxygen atoms in total. The Hall–Kier alpha value is -3.18. The number of rotatable bonds is 2. The highest BCUT2D eigenvalue weighted by atomic mass is 16.5. The lowest BCUT2D eigenvalue weighted by Crippen LogP contribution is -1.84. The topological polar surface area (TPSA) is 29.5 Å². The number of phenolic OH excluding ortho intramolecular Hbond substituents is 1. The average molecular weight is 286 g/mol. The molecule has 0 atom stereocenters. The van der Waals surface area contributed by atoms with Crippen molar-refractivity contribution in [3.8, 4) is 29.1 Å². The molecule has 0 saturated heterocycles. The molecule has 0 aliphatic carbocycles. The minimum atomic E-state index is 0.221. The summed E-state index contributed by atoms with van der Waals surface area (Å²) in [6, 6.07) is 24.1. The van der Waals surface area contributed by atoms with E-state index in [9.17, 15) is 5.11 Å². The Morgan fingerprint density at radius 2 is 1.09 bits per heavy atom. The van der Waals surface area contributed by atoms with Crippen LogP contribution in [0.5, 0.6) is 17.2 Å². The summed E-state index contributed by atoms with van der Waals surface area (Å²) in [5, 5.41) is 9.24. The zero-order valence-corrected chi connectivity index (χ0v) is 11.9. The third-order valence-electron chi connectivity index (χ3n) is 3.05. The summed E-state index contributed by atoms with van der Waals surface area (Å²) in [5.74, 6) is 7.87. The standard InChI is InChI=1S/C20H14O2/c21-18-10-14-20(15-11-18)22-19-12-8-17(9-13-19)7-6-16-4-2-1-3-5-16/h1-5,8-15,21H. The Morgan fingerprint density at radius 3 is 1.68 bits per heavy atom. The second kappa shape index (κ2) is 6.51. The van der Waals surface area contributed by atoms with E-state index in [1.807, 2.05) is 54.6 Å². The van der Waals surface area contributed by atoms with Gasteiger partial charge >= 0.3 is 0 Å². The van der Waals surface area contributed by atoms with Crippen molar-refractivity contribution in [1.82, 2.24) is 0 Å². The summed E-state index contributed by atoms with van der Waals surface area (Å²) in [7, 11) is 0. The quantitative estimate of drug-likeness (QED) is 0.698. The molecule has 0 spiro atoms. The molecule has 3 aromatic carbocycles. The Morgan fingerprint density at radius 1 is 0.591 bits per heavy atom. The number of phenols is 1. The van der Waals surface area contributed by atoms with Crippen LogP contribution in [0.2, 0.25) is 0 Å². The van der Waals surface area contributed by atoms with Gasteiger partial charge in [-0.15, -0.1) is 0 Å². The van der Waals surface area contributed by atoms with Crippen LogP contribution < -0.4 is 4.74 Å². The van der Waals surface area contributed by atoms with Crippen LogP contribution in [0.1, 0.15) is 11.1 Å². The van der Waals surface area contributed by atoms with Gasteiger partial charge in [-0.25, -0.2) is 0 Å². The second-order valence-electron chi connectivity index (χ2n) is 4.74. The molecule has 2 heteroatoms. The summed E-state index contributed by atoms with van der Waals surface area (Å²) >= 11 is 0. The molecule has 0 saturated carbocycles. The second-order valence-corrected chi connectivity index (χ2v) is 4.74. The molecule has 0 radical (unpaired) electrons. The van der Waals surface area contributed by atoms with Crippen molar-refractivity contribution >= 4 is 0 Å². The first-order valence-electron chi connectivity index (χ1n) is 6.94. The maximum absolute atomic E-state index is 9.24. The lowest BCUT2D eigenvalue weighted by Gasteiger charge is -2.05. The van der Waals surface area contributed by atoms with Gasteiger partial charge < -0.3 is 9.84 Å². The number of ether oxygens (including phenoxy) is 1. The summed E-state index contributed by atoms with van der Waals surface area (Å²) in [4.78, 5) is 0. The van der Waals surface area contributed by atoms with Crippen molar-refractivity contribution in [2.75, 3.05) is 0 Å². The molecule has 0 aliphatic rings. The molecule has 0 unspecified atom stereocenters. The summed E-state index contributed by atoms with van der Waals surface area (Å²) in [6.07, 6.45) is 0. The predicted octanol–water partition coefficient (Wildman–Crippen LogP) is 4.58. The highest BCUT2D eigenvalue weighted by molar-refractivity contribution is 5.45. The first-order chi connectivity index (χ1) is 10.8. The van der Waals surface area contributed by atoms with Crippen molar-refractivity contribution in [2.24, 2.45) is 0 Å². The van der Waals surface area contributed by atoms with Gasteiger partial charge in [0.15, 0.2) is 0 Å². The fraction of sp³-hybridized carbons (Fsp3) is 0. The normalized spacial score (nSPS) is 9.64. The lowest BCUT2D eigenvalue weighted by molar-refractivity contribution is 0.464. The van der Waals surface area contributed by atoms with Gasteiger partial charge in [-0.05, 0) is 60.7 Å². The molecule has 3 aromatic rings. The van der Waals surface area contributed by atoms with Crippen molar-refractivity contribution in [3.05, 3.63) is 90.0 Å². The van der Waals surface area contributed by atoms with E-state index in [4.69, 9.17) is 4.74 Å². The highest BCUT2D eigenvalue weighted by Gasteiger charge is 1.97. The zero-order chi connectivity index (χ0) is 15.2. The van der Waals surface area contributed by atoms with E-state index in [1.165, 1.54) is 0 Å². The molecule has 0 aliphatic heterocycles. The van der Waals surface area contributed by atoms with Crippen LogP contribution in [-0.2, 0) is 0 Å². The molecular formula is C20H14O2. The summed E-state index contributed by atoms with van der Waals surface area (Å²) in [6.45, 7) is 0. The van der Waals surface area contributed by atoms with E-state index in [1.54, 1.807) is 24.3 Å². The van der Waals surface area contributed by atoms with Crippen molar-refractivity contribution in [2.45, 2.75) is 0 Å². The van der Waals surface area contributed by atoms with Gasteiger partial charge in [0.2, 0.25) is 0 Å². The molecule has 0 amide bonds. The Bertz CT molecular complexity index is 792. The van der Waals surface area contributed by atoms with E-state index in [-0.39, 0.29) is 5.75 Å². The van der Waals surface area contributed by atoms with Gasteiger partial charge in [0.05, 0.1) is 0 Å². The summed E-state index contributed by atoms with van der Waals surface area (Å²) in [5.41, 5.74) is 1.92. The minimum absolute atomic E-state index is 0.221. The van der Waals surface area contributed by atoms with Gasteiger partial charge in [-0.3, -0.25) is 0 Å². The van der Waals surface area contributed by atoms with Crippen LogP contribution >= 0.6 is 0 Å². The van der Waals surface area contributed by atoms with Crippen LogP contribution in [0, 0.1) is 11.8 Å². The molecule has 1 N–H and O–H groups in total. The monoisotopic (exact) mass is 286 g/mol. The molecular weight excluding hydrogens is 272 g/mol. The Labute approximate surface area is 129 Å². The highest BCUT2D eigenvalue weighted by Crippen LogP contribution is 2.23. The van der Waals surface area contributed by atoms with Crippen molar-refractivity contribution < 1.29 is 9.84 Å². The van der Waals surface area contributed by atoms with Gasteiger partial charge in [0.1, 0.15) is 17.2 Å².